The Morgan fingerprint density at radius 1 is 1.52 bits per heavy atom. The zero-order valence-electron chi connectivity index (χ0n) is 13.4. The van der Waals surface area contributed by atoms with Crippen LogP contribution < -0.4 is 15.4 Å². The van der Waals surface area contributed by atoms with Crippen molar-refractivity contribution in [2.45, 2.75) is 26.0 Å². The summed E-state index contributed by atoms with van der Waals surface area (Å²) in [6.45, 7) is 4.11. The molecular formula is C16H21N5O2. The maximum absolute atomic E-state index is 12.1. The van der Waals surface area contributed by atoms with E-state index in [0.29, 0.717) is 12.2 Å². The fourth-order valence-corrected chi connectivity index (χ4v) is 2.48. The van der Waals surface area contributed by atoms with E-state index in [1.165, 1.54) is 0 Å². The normalized spacial score (nSPS) is 17.2. The molecule has 2 N–H and O–H groups in total. The zero-order valence-corrected chi connectivity index (χ0v) is 13.4. The highest BCUT2D eigenvalue weighted by Gasteiger charge is 2.16. The predicted octanol–water partition coefficient (Wildman–Crippen LogP) is 0.794. The number of pyridine rings is 1. The molecule has 1 saturated heterocycles. The predicted molar refractivity (Wildman–Crippen MR) is 85.3 cm³/mol. The van der Waals surface area contributed by atoms with Gasteiger partial charge in [0.25, 0.3) is 5.91 Å². The molecule has 0 bridgehead atoms. The molecular weight excluding hydrogens is 294 g/mol. The molecule has 7 heteroatoms. The second kappa shape index (κ2) is 6.78. The van der Waals surface area contributed by atoms with Crippen LogP contribution in [0.3, 0.4) is 0 Å². The van der Waals surface area contributed by atoms with Crippen LogP contribution in [0.1, 0.15) is 28.3 Å². The van der Waals surface area contributed by atoms with Crippen LogP contribution >= 0.6 is 0 Å². The molecule has 1 fully saturated rings. The van der Waals surface area contributed by atoms with Crippen molar-refractivity contribution in [1.29, 1.82) is 0 Å². The van der Waals surface area contributed by atoms with Gasteiger partial charge >= 0.3 is 0 Å². The quantitative estimate of drug-likeness (QED) is 0.853. The number of amides is 1. The summed E-state index contributed by atoms with van der Waals surface area (Å²) >= 11 is 0. The van der Waals surface area contributed by atoms with Crippen LogP contribution in [0.2, 0.25) is 0 Å². The number of carbonyl (C=O) groups is 1. The molecule has 0 aliphatic carbocycles. The number of aryl methyl sites for hydroxylation is 2. The summed E-state index contributed by atoms with van der Waals surface area (Å²) in [5.41, 5.74) is 2.11. The van der Waals surface area contributed by atoms with Crippen molar-refractivity contribution in [2.24, 2.45) is 7.05 Å². The lowest BCUT2D eigenvalue weighted by Crippen LogP contribution is -2.24. The Kier molecular flexibility index (Phi) is 4.57. The van der Waals surface area contributed by atoms with Crippen molar-refractivity contribution in [3.8, 4) is 5.75 Å². The fourth-order valence-electron chi connectivity index (χ4n) is 2.48. The van der Waals surface area contributed by atoms with Gasteiger partial charge in [0.2, 0.25) is 0 Å². The van der Waals surface area contributed by atoms with Crippen molar-refractivity contribution in [1.82, 2.24) is 25.4 Å². The lowest BCUT2D eigenvalue weighted by atomic mass is 10.3. The minimum Gasteiger partial charge on any atom is -0.489 e. The number of carbonyl (C=O) groups excluding carboxylic acids is 1. The van der Waals surface area contributed by atoms with Gasteiger partial charge in [-0.15, -0.1) is 0 Å². The highest BCUT2D eigenvalue weighted by Crippen LogP contribution is 2.15. The van der Waals surface area contributed by atoms with E-state index in [4.69, 9.17) is 4.74 Å². The van der Waals surface area contributed by atoms with E-state index in [1.807, 2.05) is 26.1 Å². The Labute approximate surface area is 135 Å². The number of aromatic nitrogens is 3. The molecule has 0 spiro atoms. The molecule has 1 aliphatic rings. The van der Waals surface area contributed by atoms with Gasteiger partial charge in [-0.1, -0.05) is 0 Å². The molecule has 7 nitrogen and oxygen atoms in total. The van der Waals surface area contributed by atoms with E-state index in [2.05, 4.69) is 20.7 Å². The van der Waals surface area contributed by atoms with Gasteiger partial charge < -0.3 is 15.4 Å². The summed E-state index contributed by atoms with van der Waals surface area (Å²) in [7, 11) is 1.81. The lowest BCUT2D eigenvalue weighted by molar-refractivity contribution is 0.0944. The minimum atomic E-state index is -0.207. The minimum absolute atomic E-state index is 0.205. The second-order valence-electron chi connectivity index (χ2n) is 5.69. The number of nitrogens with zero attached hydrogens (tertiary/aromatic N) is 3. The van der Waals surface area contributed by atoms with Crippen LogP contribution in [0.25, 0.3) is 0 Å². The first-order valence-electron chi connectivity index (χ1n) is 7.73. The molecule has 2 aromatic heterocycles. The number of rotatable bonds is 5. The van der Waals surface area contributed by atoms with E-state index in [1.54, 1.807) is 16.9 Å². The summed E-state index contributed by atoms with van der Waals surface area (Å²) in [5.74, 6) is 0.577. The molecule has 2 aromatic rings. The first-order valence-corrected chi connectivity index (χ1v) is 7.73. The highest BCUT2D eigenvalue weighted by atomic mass is 16.5. The molecule has 1 unspecified atom stereocenters. The summed E-state index contributed by atoms with van der Waals surface area (Å²) in [4.78, 5) is 16.4. The Morgan fingerprint density at radius 3 is 3.09 bits per heavy atom. The standard InChI is InChI=1S/C16H21N5O2/c1-11-7-15(20-21(11)2)16(22)19-9-12-8-13(4-6-18-12)23-14-3-5-17-10-14/h4,6-8,14,17H,3,5,9-10H2,1-2H3,(H,19,22). The second-order valence-corrected chi connectivity index (χ2v) is 5.69. The van der Waals surface area contributed by atoms with Crippen molar-refractivity contribution < 1.29 is 9.53 Å². The Morgan fingerprint density at radius 2 is 2.39 bits per heavy atom. The average molecular weight is 315 g/mol. The van der Waals surface area contributed by atoms with Gasteiger partial charge in [0.1, 0.15) is 17.5 Å². The molecule has 0 radical (unpaired) electrons. The molecule has 1 atom stereocenters. The maximum atomic E-state index is 12.1. The topological polar surface area (TPSA) is 81.1 Å². The van der Waals surface area contributed by atoms with E-state index < -0.39 is 0 Å². The first-order chi connectivity index (χ1) is 11.1. The van der Waals surface area contributed by atoms with Crippen molar-refractivity contribution in [2.75, 3.05) is 13.1 Å². The third kappa shape index (κ3) is 3.87. The van der Waals surface area contributed by atoms with Gasteiger partial charge in [-0.2, -0.15) is 5.10 Å². The van der Waals surface area contributed by atoms with Gasteiger partial charge in [0.05, 0.1) is 12.2 Å². The zero-order chi connectivity index (χ0) is 16.2. The molecule has 122 valence electrons. The first kappa shape index (κ1) is 15.5. The summed E-state index contributed by atoms with van der Waals surface area (Å²) in [6.07, 6.45) is 2.91. The van der Waals surface area contributed by atoms with Gasteiger partial charge in [-0.3, -0.25) is 14.5 Å². The maximum Gasteiger partial charge on any atom is 0.272 e. The van der Waals surface area contributed by atoms with Gasteiger partial charge in [0, 0.05) is 31.5 Å². The molecule has 0 saturated carbocycles. The Bertz CT molecular complexity index is 672. The summed E-state index contributed by atoms with van der Waals surface area (Å²) in [5, 5.41) is 10.3. The van der Waals surface area contributed by atoms with Gasteiger partial charge in [-0.05, 0) is 32.0 Å². The Balaban J connectivity index is 1.58. The van der Waals surface area contributed by atoms with Gasteiger partial charge in [0.15, 0.2) is 0 Å². The van der Waals surface area contributed by atoms with E-state index >= 15 is 0 Å². The highest BCUT2D eigenvalue weighted by molar-refractivity contribution is 5.92. The number of hydrogen-bond donors (Lipinski definition) is 2. The molecule has 1 amide bonds. The van der Waals surface area contributed by atoms with Crippen LogP contribution in [0.15, 0.2) is 24.4 Å². The number of hydrogen-bond acceptors (Lipinski definition) is 5. The molecule has 3 heterocycles. The number of nitrogens with one attached hydrogen (secondary N) is 2. The van der Waals surface area contributed by atoms with Crippen molar-refractivity contribution >= 4 is 5.91 Å². The molecule has 3 rings (SSSR count). The fraction of sp³-hybridized carbons (Fsp3) is 0.438. The van der Waals surface area contributed by atoms with Gasteiger partial charge in [-0.25, -0.2) is 0 Å². The van der Waals surface area contributed by atoms with Crippen LogP contribution in [0.5, 0.6) is 5.75 Å². The van der Waals surface area contributed by atoms with Crippen LogP contribution in [-0.2, 0) is 13.6 Å². The SMILES string of the molecule is Cc1cc(C(=O)NCc2cc(OC3CCNC3)ccn2)nn1C. The van der Waals surface area contributed by atoms with Crippen LogP contribution in [0.4, 0.5) is 0 Å². The largest absolute Gasteiger partial charge is 0.489 e. The molecule has 23 heavy (non-hydrogen) atoms. The molecule has 0 aromatic carbocycles. The van der Waals surface area contributed by atoms with Crippen molar-refractivity contribution in [3.63, 3.8) is 0 Å². The summed E-state index contributed by atoms with van der Waals surface area (Å²) < 4.78 is 7.57. The van der Waals surface area contributed by atoms with E-state index in [0.717, 1.165) is 36.6 Å². The number of ether oxygens (including phenoxy) is 1. The lowest BCUT2D eigenvalue weighted by Gasteiger charge is -2.13. The van der Waals surface area contributed by atoms with E-state index in [9.17, 15) is 4.79 Å². The van der Waals surface area contributed by atoms with Crippen LogP contribution in [0, 0.1) is 6.92 Å². The van der Waals surface area contributed by atoms with E-state index in [-0.39, 0.29) is 12.0 Å². The Hall–Kier alpha value is -2.41. The van der Waals surface area contributed by atoms with Crippen LogP contribution in [-0.4, -0.2) is 39.9 Å². The third-order valence-electron chi connectivity index (χ3n) is 3.88. The smallest absolute Gasteiger partial charge is 0.272 e. The average Bonchev–Trinajstić information content (AvgIpc) is 3.16. The monoisotopic (exact) mass is 315 g/mol. The third-order valence-corrected chi connectivity index (χ3v) is 3.88. The molecule has 1 aliphatic heterocycles. The summed E-state index contributed by atoms with van der Waals surface area (Å²) in [6, 6.07) is 5.46. The van der Waals surface area contributed by atoms with Crippen molar-refractivity contribution in [3.05, 3.63) is 41.5 Å².